The first-order valence-corrected chi connectivity index (χ1v) is 12.9. The van der Waals surface area contributed by atoms with E-state index >= 15 is 0 Å². The Labute approximate surface area is 234 Å². The summed E-state index contributed by atoms with van der Waals surface area (Å²) < 4.78 is 46.5. The van der Waals surface area contributed by atoms with Gasteiger partial charge < -0.3 is 14.4 Å². The molecular weight excluding hydrogens is 541 g/mol. The Morgan fingerprint density at radius 1 is 1.20 bits per heavy atom. The Morgan fingerprint density at radius 2 is 1.93 bits per heavy atom. The maximum absolute atomic E-state index is 13.4. The second-order valence-electron chi connectivity index (χ2n) is 9.47. The fourth-order valence-electron chi connectivity index (χ4n) is 4.12. The first-order valence-electron chi connectivity index (χ1n) is 12.9. The van der Waals surface area contributed by atoms with E-state index < -0.39 is 29.8 Å². The second kappa shape index (κ2) is 13.3. The molecule has 0 saturated carbocycles. The Kier molecular flexibility index (Phi) is 10.1. The fourth-order valence-corrected chi connectivity index (χ4v) is 4.12. The first kappa shape index (κ1) is 31.1. The molecule has 1 N–H and O–H groups in total. The van der Waals surface area contributed by atoms with Crippen LogP contribution in [0, 0.1) is 5.92 Å². The molecule has 0 radical (unpaired) electrons. The fraction of sp³-hybridized carbons (Fsp3) is 0.393. The molecule has 1 atom stereocenters. The summed E-state index contributed by atoms with van der Waals surface area (Å²) in [4.78, 5) is 36.8. The minimum Gasteiger partial charge on any atom is -0.481 e. The number of Topliss-reactive ketones (excluding diaryl/α,β-unsaturated/α-hetero) is 1. The van der Waals surface area contributed by atoms with Crippen LogP contribution < -0.4 is 4.74 Å². The molecule has 3 aromatic heterocycles. The summed E-state index contributed by atoms with van der Waals surface area (Å²) in [5.41, 5.74) is 0.0682. The van der Waals surface area contributed by atoms with Gasteiger partial charge in [-0.2, -0.15) is 13.2 Å². The van der Waals surface area contributed by atoms with Crippen LogP contribution in [0.3, 0.4) is 0 Å². The van der Waals surface area contributed by atoms with Gasteiger partial charge in [0.1, 0.15) is 18.1 Å². The normalized spacial score (nSPS) is 13.5. The van der Waals surface area contributed by atoms with Crippen molar-refractivity contribution >= 4 is 34.8 Å². The van der Waals surface area contributed by atoms with E-state index in [1.165, 1.54) is 18.2 Å². The number of carbonyl (C=O) groups excluding carboxylic acids is 1. The van der Waals surface area contributed by atoms with E-state index in [1.54, 1.807) is 50.8 Å². The molecule has 3 heterocycles. The van der Waals surface area contributed by atoms with E-state index in [4.69, 9.17) is 4.74 Å². The number of pyridine rings is 1. The molecule has 13 heteroatoms. The van der Waals surface area contributed by atoms with Crippen molar-refractivity contribution in [3.63, 3.8) is 0 Å². The Balaban J connectivity index is 2.10. The predicted molar refractivity (Wildman–Crippen MR) is 147 cm³/mol. The highest BCUT2D eigenvalue weighted by molar-refractivity contribution is 6.10. The van der Waals surface area contributed by atoms with Crippen molar-refractivity contribution in [1.29, 1.82) is 0 Å². The summed E-state index contributed by atoms with van der Waals surface area (Å²) in [6, 6.07) is 4.56. The molecule has 0 aliphatic heterocycles. The van der Waals surface area contributed by atoms with Gasteiger partial charge in [0.25, 0.3) is 0 Å². The number of halogens is 3. The zero-order valence-electron chi connectivity index (χ0n) is 23.3. The zero-order valence-corrected chi connectivity index (χ0v) is 23.3. The van der Waals surface area contributed by atoms with Gasteiger partial charge in [-0.1, -0.05) is 19.9 Å². The molecular formula is C28H31F3N6O4. The highest BCUT2D eigenvalue weighted by Gasteiger charge is 2.32. The molecule has 0 aliphatic rings. The molecule has 0 bridgehead atoms. The van der Waals surface area contributed by atoms with Crippen LogP contribution in [0.25, 0.3) is 11.0 Å². The smallest absolute Gasteiger partial charge is 0.433 e. The zero-order chi connectivity index (χ0) is 30.3. The number of ether oxygens (including phenoxy) is 1. The average Bonchev–Trinajstić information content (AvgIpc) is 3.23. The van der Waals surface area contributed by atoms with Crippen LogP contribution in [0.1, 0.15) is 74.5 Å². The van der Waals surface area contributed by atoms with Crippen LogP contribution >= 0.6 is 0 Å². The summed E-state index contributed by atoms with van der Waals surface area (Å²) in [5, 5.41) is 18.2. The van der Waals surface area contributed by atoms with Crippen molar-refractivity contribution < 1.29 is 32.6 Å². The quantitative estimate of drug-likeness (QED) is 0.173. The molecule has 1 unspecified atom stereocenters. The van der Waals surface area contributed by atoms with Gasteiger partial charge in [0.15, 0.2) is 11.4 Å². The van der Waals surface area contributed by atoms with Crippen molar-refractivity contribution in [1.82, 2.24) is 19.7 Å². The highest BCUT2D eigenvalue weighted by Crippen LogP contribution is 2.33. The average molecular weight is 573 g/mol. The Morgan fingerprint density at radius 3 is 2.56 bits per heavy atom. The third-order valence-corrected chi connectivity index (χ3v) is 5.99. The van der Waals surface area contributed by atoms with Gasteiger partial charge in [0.2, 0.25) is 5.88 Å². The van der Waals surface area contributed by atoms with Crippen molar-refractivity contribution in [2.75, 3.05) is 0 Å². The van der Waals surface area contributed by atoms with Gasteiger partial charge >= 0.3 is 12.1 Å². The minimum absolute atomic E-state index is 0.0296. The van der Waals surface area contributed by atoms with E-state index in [1.807, 2.05) is 6.92 Å². The maximum atomic E-state index is 13.4. The molecule has 0 aliphatic carbocycles. The molecule has 10 nitrogen and oxygen atoms in total. The number of ketones is 1. The lowest BCUT2D eigenvalue weighted by molar-refractivity contribution is -0.141. The van der Waals surface area contributed by atoms with Crippen LogP contribution in [0.5, 0.6) is 5.88 Å². The van der Waals surface area contributed by atoms with E-state index in [2.05, 4.69) is 25.2 Å². The van der Waals surface area contributed by atoms with Crippen molar-refractivity contribution in [3.05, 3.63) is 59.2 Å². The van der Waals surface area contributed by atoms with E-state index in [-0.39, 0.29) is 36.8 Å². The molecule has 41 heavy (non-hydrogen) atoms. The molecule has 0 fully saturated rings. The van der Waals surface area contributed by atoms with E-state index in [0.717, 1.165) is 6.07 Å². The molecule has 0 aromatic carbocycles. The molecule has 3 aromatic rings. The van der Waals surface area contributed by atoms with Crippen molar-refractivity contribution in [2.45, 2.75) is 66.3 Å². The number of nitrogens with zero attached hydrogens (tertiary/aromatic N) is 6. The largest absolute Gasteiger partial charge is 0.481 e. The second-order valence-corrected chi connectivity index (χ2v) is 9.47. The number of rotatable bonds is 11. The third kappa shape index (κ3) is 7.83. The molecule has 0 spiro atoms. The number of aromatic nitrogens is 4. The lowest BCUT2D eigenvalue weighted by Crippen LogP contribution is -2.14. The van der Waals surface area contributed by atoms with Crippen LogP contribution in [-0.2, 0) is 24.0 Å². The molecule has 0 amide bonds. The van der Waals surface area contributed by atoms with Gasteiger partial charge in [-0.25, -0.2) is 15.0 Å². The summed E-state index contributed by atoms with van der Waals surface area (Å²) in [6.07, 6.45) is 0.149. The number of carbonyl (C=O) groups is 2. The summed E-state index contributed by atoms with van der Waals surface area (Å²) in [6.45, 7) is 8.48. The number of aliphatic carboxylic acids is 1. The monoisotopic (exact) mass is 572 g/mol. The topological polar surface area (TPSA) is 132 Å². The maximum Gasteiger partial charge on any atom is 0.433 e. The third-order valence-electron chi connectivity index (χ3n) is 5.99. The lowest BCUT2D eigenvalue weighted by atomic mass is 9.97. The number of carboxylic acid groups (broad SMARTS) is 1. The van der Waals surface area contributed by atoms with Crippen LogP contribution in [0.15, 0.2) is 46.5 Å². The standard InChI is InChI=1S/C28H31F3N6O4/c1-6-32-18(5)33-13-12-17(4)37-21(10-11-24(38)39)25(26(40)16(2)3)20-14-23(35-36-27(20)37)41-15-19-8-7-9-22(34-19)28(29,30)31/h6-9,12-14,16-17H,10-11,15H2,1-5H3,(H,38,39)/b13-12+,32-6?,33-18?. The van der Waals surface area contributed by atoms with Crippen LogP contribution in [0.4, 0.5) is 13.2 Å². The number of hydrogen-bond acceptors (Lipinski definition) is 7. The SMILES string of the molecule is CC=NC(C)=N/C=C/C(C)n1c(CCC(=O)O)c(C(=O)C(C)C)c2cc(OCc3cccc(C(F)(F)F)n3)nnc21. The Bertz CT molecular complexity index is 1510. The number of fused-ring (bicyclic) bond motifs is 1. The Hall–Kier alpha value is -4.42. The highest BCUT2D eigenvalue weighted by atomic mass is 19.4. The van der Waals surface area contributed by atoms with E-state index in [9.17, 15) is 27.9 Å². The summed E-state index contributed by atoms with van der Waals surface area (Å²) in [5.74, 6) is -1.18. The summed E-state index contributed by atoms with van der Waals surface area (Å²) in [7, 11) is 0. The van der Waals surface area contributed by atoms with Crippen LogP contribution in [0.2, 0.25) is 0 Å². The van der Waals surface area contributed by atoms with Crippen molar-refractivity contribution in [2.24, 2.45) is 15.9 Å². The number of hydrogen-bond donors (Lipinski definition) is 1. The number of carboxylic acids is 1. The number of allylic oxidation sites excluding steroid dienone is 1. The van der Waals surface area contributed by atoms with Crippen molar-refractivity contribution in [3.8, 4) is 5.88 Å². The van der Waals surface area contributed by atoms with Crippen LogP contribution in [-0.4, -0.2) is 48.7 Å². The van der Waals surface area contributed by atoms with E-state index in [0.29, 0.717) is 28.1 Å². The van der Waals surface area contributed by atoms with Gasteiger partial charge in [-0.15, -0.1) is 10.2 Å². The van der Waals surface area contributed by atoms with Gasteiger partial charge in [-0.3, -0.25) is 9.59 Å². The number of aliphatic imine (C=N–C) groups is 2. The number of amidine groups is 1. The first-order chi connectivity index (χ1) is 19.3. The molecule has 0 saturated heterocycles. The van der Waals surface area contributed by atoms with Gasteiger partial charge in [0, 0.05) is 41.0 Å². The summed E-state index contributed by atoms with van der Waals surface area (Å²) >= 11 is 0. The molecule has 218 valence electrons. The van der Waals surface area contributed by atoms with Gasteiger partial charge in [-0.05, 0) is 45.4 Å². The van der Waals surface area contributed by atoms with Gasteiger partial charge in [0.05, 0.1) is 18.2 Å². The number of alkyl halides is 3. The predicted octanol–water partition coefficient (Wildman–Crippen LogP) is 5.86. The molecule has 3 rings (SSSR count). The lowest BCUT2D eigenvalue weighted by Gasteiger charge is -2.15. The minimum atomic E-state index is -4.60.